The van der Waals surface area contributed by atoms with Crippen LogP contribution in [0.5, 0.6) is 0 Å². The predicted octanol–water partition coefficient (Wildman–Crippen LogP) is 2.84. The maximum Gasteiger partial charge on any atom is 0.315 e. The topological polar surface area (TPSA) is 83.7 Å². The zero-order valence-corrected chi connectivity index (χ0v) is 14.7. The smallest absolute Gasteiger partial charge is 0.315 e. The summed E-state index contributed by atoms with van der Waals surface area (Å²) in [6, 6.07) is 3.32. The molecule has 2 rings (SSSR count). The van der Waals surface area contributed by atoms with Crippen molar-refractivity contribution in [3.63, 3.8) is 0 Å². The Hall–Kier alpha value is -1.53. The van der Waals surface area contributed by atoms with E-state index in [2.05, 4.69) is 24.5 Å². The van der Waals surface area contributed by atoms with Gasteiger partial charge in [0.1, 0.15) is 11.8 Å². The van der Waals surface area contributed by atoms with E-state index in [0.717, 1.165) is 25.7 Å². The number of carbonyl (C=O) groups excluding carboxylic acids is 1. The van der Waals surface area contributed by atoms with E-state index < -0.39 is 0 Å². The highest BCUT2D eigenvalue weighted by Crippen LogP contribution is 2.23. The van der Waals surface area contributed by atoms with Gasteiger partial charge in [-0.2, -0.15) is 0 Å². The summed E-state index contributed by atoms with van der Waals surface area (Å²) in [5.41, 5.74) is 0. The van der Waals surface area contributed by atoms with Crippen LogP contribution < -0.4 is 10.6 Å². The first-order chi connectivity index (χ1) is 11.6. The fourth-order valence-corrected chi connectivity index (χ4v) is 2.98. The van der Waals surface area contributed by atoms with Gasteiger partial charge in [0.15, 0.2) is 0 Å². The van der Waals surface area contributed by atoms with Gasteiger partial charge in [0, 0.05) is 19.3 Å². The van der Waals surface area contributed by atoms with Crippen LogP contribution in [-0.2, 0) is 4.74 Å². The van der Waals surface area contributed by atoms with E-state index in [-0.39, 0.29) is 24.7 Å². The number of aliphatic hydroxyl groups is 1. The first-order valence-electron chi connectivity index (χ1n) is 8.87. The molecular weight excluding hydrogens is 308 g/mol. The Morgan fingerprint density at radius 1 is 1.33 bits per heavy atom. The van der Waals surface area contributed by atoms with Gasteiger partial charge in [0.25, 0.3) is 0 Å². The molecule has 136 valence electrons. The lowest BCUT2D eigenvalue weighted by Crippen LogP contribution is -2.45. The van der Waals surface area contributed by atoms with Crippen LogP contribution in [-0.4, -0.2) is 37.0 Å². The van der Waals surface area contributed by atoms with E-state index in [1.807, 2.05) is 6.07 Å². The first-order valence-corrected chi connectivity index (χ1v) is 8.87. The van der Waals surface area contributed by atoms with Crippen LogP contribution in [0.2, 0.25) is 0 Å². The monoisotopic (exact) mass is 338 g/mol. The minimum atomic E-state index is -0.299. The summed E-state index contributed by atoms with van der Waals surface area (Å²) >= 11 is 0. The van der Waals surface area contributed by atoms with Crippen LogP contribution in [0.15, 0.2) is 22.8 Å². The van der Waals surface area contributed by atoms with Crippen molar-refractivity contribution >= 4 is 6.03 Å². The van der Waals surface area contributed by atoms with Gasteiger partial charge in [-0.3, -0.25) is 0 Å². The van der Waals surface area contributed by atoms with Crippen molar-refractivity contribution in [2.75, 3.05) is 19.8 Å². The van der Waals surface area contributed by atoms with Gasteiger partial charge in [0.2, 0.25) is 0 Å². The van der Waals surface area contributed by atoms with Crippen molar-refractivity contribution in [3.05, 3.63) is 24.2 Å². The zero-order chi connectivity index (χ0) is 17.4. The molecule has 6 heteroatoms. The van der Waals surface area contributed by atoms with Crippen LogP contribution in [0.25, 0.3) is 0 Å². The molecule has 1 aromatic heterocycles. The molecule has 1 aliphatic rings. The van der Waals surface area contributed by atoms with Crippen molar-refractivity contribution in [2.45, 2.75) is 51.6 Å². The van der Waals surface area contributed by atoms with E-state index in [0.29, 0.717) is 30.8 Å². The molecule has 1 fully saturated rings. The van der Waals surface area contributed by atoms with Crippen molar-refractivity contribution in [3.8, 4) is 0 Å². The van der Waals surface area contributed by atoms with Gasteiger partial charge in [-0.05, 0) is 49.7 Å². The van der Waals surface area contributed by atoms with E-state index in [1.165, 1.54) is 0 Å². The van der Waals surface area contributed by atoms with Crippen LogP contribution >= 0.6 is 0 Å². The minimum absolute atomic E-state index is 0.168. The zero-order valence-electron chi connectivity index (χ0n) is 14.7. The lowest BCUT2D eigenvalue weighted by atomic mass is 9.87. The number of aliphatic hydroxyl groups excluding tert-OH is 1. The molecule has 1 saturated carbocycles. The highest BCUT2D eigenvalue weighted by Gasteiger charge is 2.24. The summed E-state index contributed by atoms with van der Waals surface area (Å²) in [6.45, 7) is 5.45. The van der Waals surface area contributed by atoms with Crippen molar-refractivity contribution in [2.24, 2.45) is 11.8 Å². The number of urea groups is 1. The fourth-order valence-electron chi connectivity index (χ4n) is 2.98. The molecule has 1 aliphatic carbocycles. The lowest BCUT2D eigenvalue weighted by Gasteiger charge is -2.28. The maximum atomic E-state index is 12.3. The molecule has 1 atom stereocenters. The van der Waals surface area contributed by atoms with Gasteiger partial charge in [-0.1, -0.05) is 13.8 Å². The Kier molecular flexibility index (Phi) is 7.59. The molecule has 0 bridgehead atoms. The number of hydrogen-bond acceptors (Lipinski definition) is 4. The molecule has 1 heterocycles. The molecular formula is C18H30N2O4. The second-order valence-electron chi connectivity index (χ2n) is 7.02. The Balaban J connectivity index is 1.81. The summed E-state index contributed by atoms with van der Waals surface area (Å²) in [6.07, 6.45) is 5.34. The number of carbonyl (C=O) groups is 1. The van der Waals surface area contributed by atoms with Gasteiger partial charge in [-0.15, -0.1) is 0 Å². The van der Waals surface area contributed by atoms with Crippen LogP contribution in [0.4, 0.5) is 4.79 Å². The second-order valence-corrected chi connectivity index (χ2v) is 7.02. The summed E-state index contributed by atoms with van der Waals surface area (Å²) in [7, 11) is 0. The number of amides is 2. The molecule has 6 nitrogen and oxygen atoms in total. The molecule has 0 aromatic carbocycles. The van der Waals surface area contributed by atoms with Gasteiger partial charge in [-0.25, -0.2) is 4.79 Å². The third kappa shape index (κ3) is 6.17. The van der Waals surface area contributed by atoms with E-state index in [1.54, 1.807) is 12.3 Å². The van der Waals surface area contributed by atoms with E-state index in [4.69, 9.17) is 9.15 Å². The Bertz CT molecular complexity index is 467. The lowest BCUT2D eigenvalue weighted by molar-refractivity contribution is 0.0864. The average Bonchev–Trinajstić information content (AvgIpc) is 3.08. The normalized spacial score (nSPS) is 22.3. The first kappa shape index (κ1) is 18.8. The summed E-state index contributed by atoms with van der Waals surface area (Å²) in [4.78, 5) is 12.3. The highest BCUT2D eigenvalue weighted by molar-refractivity contribution is 5.74. The number of hydrogen-bond donors (Lipinski definition) is 3. The standard InChI is InChI=1S/C18H30N2O4/c1-13(2)11-23-12-16(17-4-3-9-24-17)20-18(22)19-15-7-5-14(10-21)6-8-15/h3-4,9,13-16,21H,5-8,10-12H2,1-2H3,(H2,19,20,22). The Labute approximate surface area is 143 Å². The summed E-state index contributed by atoms with van der Waals surface area (Å²) in [5, 5.41) is 15.2. The molecule has 24 heavy (non-hydrogen) atoms. The molecule has 0 spiro atoms. The Morgan fingerprint density at radius 3 is 2.67 bits per heavy atom. The van der Waals surface area contributed by atoms with E-state index in [9.17, 15) is 9.90 Å². The molecule has 0 saturated heterocycles. The van der Waals surface area contributed by atoms with Gasteiger partial charge >= 0.3 is 6.03 Å². The van der Waals surface area contributed by atoms with Crippen LogP contribution in [0, 0.1) is 11.8 Å². The maximum absolute atomic E-state index is 12.3. The number of furan rings is 1. The van der Waals surface area contributed by atoms with Gasteiger partial charge in [0.05, 0.1) is 12.9 Å². The highest BCUT2D eigenvalue weighted by atomic mass is 16.5. The van der Waals surface area contributed by atoms with Crippen molar-refractivity contribution in [1.82, 2.24) is 10.6 Å². The number of nitrogens with one attached hydrogen (secondary N) is 2. The number of rotatable bonds is 8. The average molecular weight is 338 g/mol. The van der Waals surface area contributed by atoms with E-state index >= 15 is 0 Å². The fraction of sp³-hybridized carbons (Fsp3) is 0.722. The van der Waals surface area contributed by atoms with Crippen LogP contribution in [0.1, 0.15) is 51.3 Å². The summed E-state index contributed by atoms with van der Waals surface area (Å²) < 4.78 is 11.1. The number of ether oxygens (including phenoxy) is 1. The van der Waals surface area contributed by atoms with Crippen LogP contribution in [0.3, 0.4) is 0 Å². The molecule has 2 amide bonds. The third-order valence-corrected chi connectivity index (χ3v) is 4.37. The molecule has 1 unspecified atom stereocenters. The quantitative estimate of drug-likeness (QED) is 0.680. The third-order valence-electron chi connectivity index (χ3n) is 4.37. The molecule has 0 radical (unpaired) electrons. The largest absolute Gasteiger partial charge is 0.467 e. The molecule has 3 N–H and O–H groups in total. The predicted molar refractivity (Wildman–Crippen MR) is 91.6 cm³/mol. The molecule has 0 aliphatic heterocycles. The van der Waals surface area contributed by atoms with Crippen molar-refractivity contribution < 1.29 is 19.1 Å². The van der Waals surface area contributed by atoms with Gasteiger partial charge < -0.3 is 24.9 Å². The molecule has 1 aromatic rings. The minimum Gasteiger partial charge on any atom is -0.467 e. The second kappa shape index (κ2) is 9.69. The SMILES string of the molecule is CC(C)COCC(NC(=O)NC1CCC(CO)CC1)c1ccco1. The Morgan fingerprint density at radius 2 is 2.08 bits per heavy atom. The summed E-state index contributed by atoms with van der Waals surface area (Å²) in [5.74, 6) is 1.52. The van der Waals surface area contributed by atoms with Crippen molar-refractivity contribution in [1.29, 1.82) is 0 Å².